The van der Waals surface area contributed by atoms with Gasteiger partial charge in [0.25, 0.3) is 0 Å². The maximum absolute atomic E-state index is 9.62. The molecule has 0 aliphatic heterocycles. The smallest absolute Gasteiger partial charge is 0.120 e. The van der Waals surface area contributed by atoms with Gasteiger partial charge in [-0.05, 0) is 12.3 Å². The molecule has 0 aliphatic carbocycles. The zero-order valence-electron chi connectivity index (χ0n) is 7.67. The Hall–Kier alpha value is -0.660. The molecule has 0 rings (SSSR count). The van der Waals surface area contributed by atoms with E-state index >= 15 is 0 Å². The highest BCUT2D eigenvalue weighted by Gasteiger charge is 1.85. The van der Waals surface area contributed by atoms with E-state index in [9.17, 15) is 9.59 Å². The fraction of sp³-hybridized carbons (Fsp3) is 0.778. The van der Waals surface area contributed by atoms with E-state index in [1.54, 1.807) is 0 Å². The summed E-state index contributed by atoms with van der Waals surface area (Å²) in [6, 6.07) is 0. The molecular formula is C9H18O2. The number of hydrogen-bond donors (Lipinski definition) is 0. The topological polar surface area (TPSA) is 34.1 Å². The Bertz CT molecular complexity index is 87.6. The molecule has 0 aromatic heterocycles. The van der Waals surface area contributed by atoms with Crippen LogP contribution in [0.3, 0.4) is 0 Å². The normalized spacial score (nSPS) is 8.36. The lowest BCUT2D eigenvalue weighted by Gasteiger charge is -1.89. The number of carbonyl (C=O) groups excluding carboxylic acids is 2. The Morgan fingerprint density at radius 3 is 1.73 bits per heavy atom. The van der Waals surface area contributed by atoms with Crippen molar-refractivity contribution < 1.29 is 9.59 Å². The van der Waals surface area contributed by atoms with Crippen LogP contribution in [0.15, 0.2) is 0 Å². The molecule has 11 heavy (non-hydrogen) atoms. The minimum Gasteiger partial charge on any atom is -0.303 e. The van der Waals surface area contributed by atoms with Crippen LogP contribution in [0.1, 0.15) is 40.0 Å². The summed E-state index contributed by atoms with van der Waals surface area (Å²) in [7, 11) is 0. The second-order valence-corrected chi connectivity index (χ2v) is 2.75. The monoisotopic (exact) mass is 158 g/mol. The van der Waals surface area contributed by atoms with Crippen LogP contribution >= 0.6 is 0 Å². The van der Waals surface area contributed by atoms with Gasteiger partial charge < -0.3 is 9.59 Å². The first-order chi connectivity index (χ1) is 5.18. The van der Waals surface area contributed by atoms with Gasteiger partial charge in [-0.1, -0.05) is 20.8 Å². The van der Waals surface area contributed by atoms with Crippen molar-refractivity contribution >= 4 is 12.6 Å². The Balaban J connectivity index is 0. The molecule has 0 spiro atoms. The molecule has 0 radical (unpaired) electrons. The van der Waals surface area contributed by atoms with Crippen LogP contribution in [0, 0.1) is 5.92 Å². The largest absolute Gasteiger partial charge is 0.303 e. The van der Waals surface area contributed by atoms with Gasteiger partial charge in [0.2, 0.25) is 0 Å². The van der Waals surface area contributed by atoms with E-state index in [1.807, 2.05) is 20.8 Å². The predicted octanol–water partition coefficient (Wildman–Crippen LogP) is 2.22. The van der Waals surface area contributed by atoms with Crippen molar-refractivity contribution in [2.45, 2.75) is 40.0 Å². The minimum absolute atomic E-state index is 0.530. The Kier molecular flexibility index (Phi) is 14.2. The van der Waals surface area contributed by atoms with E-state index < -0.39 is 0 Å². The van der Waals surface area contributed by atoms with Crippen LogP contribution in [0.25, 0.3) is 0 Å². The summed E-state index contributed by atoms with van der Waals surface area (Å²) in [6.07, 6.45) is 4.26. The van der Waals surface area contributed by atoms with Gasteiger partial charge >= 0.3 is 0 Å². The molecule has 0 fully saturated rings. The molecule has 66 valence electrons. The van der Waals surface area contributed by atoms with E-state index in [1.165, 1.54) is 0 Å². The average Bonchev–Trinajstić information content (AvgIpc) is 1.90. The molecule has 0 aliphatic rings. The molecule has 2 nitrogen and oxygen atoms in total. The van der Waals surface area contributed by atoms with Crippen LogP contribution in [0.4, 0.5) is 0 Å². The van der Waals surface area contributed by atoms with Gasteiger partial charge in [-0.25, -0.2) is 0 Å². The first-order valence-corrected chi connectivity index (χ1v) is 4.06. The van der Waals surface area contributed by atoms with E-state index in [2.05, 4.69) is 0 Å². The molecule has 0 N–H and O–H groups in total. The molecule has 2 heteroatoms. The standard InChI is InChI=1S/C5H10O.C4H8O/c1-5(2)3-4-6;1-2-3-4-5/h4-5H,3H2,1-2H3;4H,2-3H2,1H3. The van der Waals surface area contributed by atoms with E-state index in [0.29, 0.717) is 18.8 Å². The lowest BCUT2D eigenvalue weighted by atomic mass is 10.2. The Morgan fingerprint density at radius 1 is 1.18 bits per heavy atom. The van der Waals surface area contributed by atoms with Crippen LogP contribution < -0.4 is 0 Å². The van der Waals surface area contributed by atoms with Crippen molar-refractivity contribution in [3.63, 3.8) is 0 Å². The summed E-state index contributed by atoms with van der Waals surface area (Å²) in [4.78, 5) is 19.0. The predicted molar refractivity (Wildman–Crippen MR) is 46.5 cm³/mol. The molecule has 0 heterocycles. The van der Waals surface area contributed by atoms with Crippen LogP contribution in [-0.4, -0.2) is 12.6 Å². The molecule has 0 aromatic carbocycles. The summed E-state index contributed by atoms with van der Waals surface area (Å²) in [5.74, 6) is 0.530. The van der Waals surface area contributed by atoms with E-state index in [-0.39, 0.29) is 0 Å². The Labute approximate surface area is 69.0 Å². The van der Waals surface area contributed by atoms with Gasteiger partial charge in [0.1, 0.15) is 12.6 Å². The van der Waals surface area contributed by atoms with Crippen LogP contribution in [0.5, 0.6) is 0 Å². The van der Waals surface area contributed by atoms with E-state index in [0.717, 1.165) is 19.0 Å². The summed E-state index contributed by atoms with van der Waals surface area (Å²) in [5.41, 5.74) is 0. The summed E-state index contributed by atoms with van der Waals surface area (Å²) in [5, 5.41) is 0. The van der Waals surface area contributed by atoms with Gasteiger partial charge in [-0.2, -0.15) is 0 Å². The zero-order chi connectivity index (χ0) is 9.11. The van der Waals surface area contributed by atoms with Gasteiger partial charge in [-0.3, -0.25) is 0 Å². The summed E-state index contributed by atoms with van der Waals surface area (Å²) >= 11 is 0. The van der Waals surface area contributed by atoms with Crippen molar-refractivity contribution in [1.82, 2.24) is 0 Å². The Morgan fingerprint density at radius 2 is 1.73 bits per heavy atom. The zero-order valence-corrected chi connectivity index (χ0v) is 7.67. The van der Waals surface area contributed by atoms with Crippen molar-refractivity contribution in [3.8, 4) is 0 Å². The second kappa shape index (κ2) is 12.1. The molecule has 0 amide bonds. The number of aldehydes is 2. The minimum atomic E-state index is 0.530. The lowest BCUT2D eigenvalue weighted by molar-refractivity contribution is -0.108. The summed E-state index contributed by atoms with van der Waals surface area (Å²) < 4.78 is 0. The SMILES string of the molecule is CC(C)CC=O.CCCC=O. The highest BCUT2D eigenvalue weighted by Crippen LogP contribution is 1.92. The van der Waals surface area contributed by atoms with Crippen molar-refractivity contribution in [3.05, 3.63) is 0 Å². The third-order valence-corrected chi connectivity index (χ3v) is 0.974. The number of hydrogen-bond acceptors (Lipinski definition) is 2. The van der Waals surface area contributed by atoms with E-state index in [4.69, 9.17) is 0 Å². The van der Waals surface area contributed by atoms with Gasteiger partial charge in [0.05, 0.1) is 0 Å². The van der Waals surface area contributed by atoms with Crippen LogP contribution in [-0.2, 0) is 9.59 Å². The van der Waals surface area contributed by atoms with Crippen molar-refractivity contribution in [1.29, 1.82) is 0 Å². The molecule has 0 unspecified atom stereocenters. The van der Waals surface area contributed by atoms with Crippen molar-refractivity contribution in [2.24, 2.45) is 5.92 Å². The molecule has 0 atom stereocenters. The molecule has 0 bridgehead atoms. The second-order valence-electron chi connectivity index (χ2n) is 2.75. The molecule has 0 aromatic rings. The van der Waals surface area contributed by atoms with Gasteiger partial charge in [-0.15, -0.1) is 0 Å². The molecular weight excluding hydrogens is 140 g/mol. The third-order valence-electron chi connectivity index (χ3n) is 0.974. The average molecular weight is 158 g/mol. The number of carbonyl (C=O) groups is 2. The fourth-order valence-corrected chi connectivity index (χ4v) is 0.310. The fourth-order valence-electron chi connectivity index (χ4n) is 0.310. The molecule has 0 saturated carbocycles. The van der Waals surface area contributed by atoms with Gasteiger partial charge in [0.15, 0.2) is 0 Å². The van der Waals surface area contributed by atoms with Gasteiger partial charge in [0, 0.05) is 12.8 Å². The molecule has 0 saturated heterocycles. The maximum atomic E-state index is 9.62. The highest BCUT2D eigenvalue weighted by atomic mass is 16.1. The van der Waals surface area contributed by atoms with Crippen molar-refractivity contribution in [2.75, 3.05) is 0 Å². The first-order valence-electron chi connectivity index (χ1n) is 4.06. The maximum Gasteiger partial charge on any atom is 0.120 e. The third kappa shape index (κ3) is 26.7. The summed E-state index contributed by atoms with van der Waals surface area (Å²) in [6.45, 7) is 6.02. The first kappa shape index (κ1) is 13.0. The number of rotatable bonds is 4. The van der Waals surface area contributed by atoms with Crippen LogP contribution in [0.2, 0.25) is 0 Å². The number of unbranched alkanes of at least 4 members (excludes halogenated alkanes) is 1. The lowest BCUT2D eigenvalue weighted by Crippen LogP contribution is -1.84. The highest BCUT2D eigenvalue weighted by molar-refractivity contribution is 5.49. The quantitative estimate of drug-likeness (QED) is 0.588.